The summed E-state index contributed by atoms with van der Waals surface area (Å²) < 4.78 is 0. The Morgan fingerprint density at radius 3 is 2.41 bits per heavy atom. The van der Waals surface area contributed by atoms with Crippen LogP contribution in [-0.4, -0.2) is 61.7 Å². The molecule has 1 fully saturated rings. The first-order valence-corrected chi connectivity index (χ1v) is 11.0. The van der Waals surface area contributed by atoms with Crippen LogP contribution < -0.4 is 0 Å². The Hall–Kier alpha value is -1.72. The van der Waals surface area contributed by atoms with E-state index in [-0.39, 0.29) is 0 Å². The molecule has 1 atom stereocenters. The molecular weight excluding hydrogens is 358 g/mol. The van der Waals surface area contributed by atoms with Crippen LogP contribution in [0.25, 0.3) is 0 Å². The maximum atomic E-state index is 5.85. The predicted octanol–water partition coefficient (Wildman–Crippen LogP) is 4.07. The summed E-state index contributed by atoms with van der Waals surface area (Å²) in [6.07, 6.45) is 2.28. The highest BCUT2D eigenvalue weighted by molar-refractivity contribution is 5.23. The summed E-state index contributed by atoms with van der Waals surface area (Å²) in [7, 11) is 4.30. The van der Waals surface area contributed by atoms with E-state index in [1.807, 2.05) is 0 Å². The largest absolute Gasteiger partial charge is 0.308 e. The first kappa shape index (κ1) is 22.0. The van der Waals surface area contributed by atoms with Gasteiger partial charge in [0.1, 0.15) is 0 Å². The third kappa shape index (κ3) is 7.56. The number of benzene rings is 2. The van der Waals surface area contributed by atoms with E-state index >= 15 is 0 Å². The van der Waals surface area contributed by atoms with Gasteiger partial charge in [-0.15, -0.1) is 0 Å². The van der Waals surface area contributed by atoms with Crippen molar-refractivity contribution in [3.8, 4) is 0 Å². The fourth-order valence-corrected chi connectivity index (χ4v) is 3.79. The Kier molecular flexibility index (Phi) is 8.69. The van der Waals surface area contributed by atoms with E-state index in [1.165, 1.54) is 23.1 Å². The molecule has 0 radical (unpaired) electrons. The van der Waals surface area contributed by atoms with Gasteiger partial charge in [0, 0.05) is 39.3 Å². The Morgan fingerprint density at radius 1 is 0.931 bits per heavy atom. The topological polar surface area (TPSA) is 19.0 Å². The van der Waals surface area contributed by atoms with Gasteiger partial charge in [0.05, 0.1) is 6.61 Å². The number of hydroxylamine groups is 2. The molecule has 0 N–H and O–H groups in total. The second-order valence-electron chi connectivity index (χ2n) is 8.53. The van der Waals surface area contributed by atoms with E-state index in [4.69, 9.17) is 4.84 Å². The molecular formula is C25H37N3O. The molecule has 1 aliphatic rings. The highest BCUT2D eigenvalue weighted by Gasteiger charge is 2.22. The highest BCUT2D eigenvalue weighted by atomic mass is 16.7. The minimum absolute atomic E-state index is 0.678. The lowest BCUT2D eigenvalue weighted by Gasteiger charge is -2.25. The van der Waals surface area contributed by atoms with E-state index in [9.17, 15) is 0 Å². The smallest absolute Gasteiger partial charge is 0.0726 e. The maximum Gasteiger partial charge on any atom is 0.0726 e. The number of likely N-dealkylation sites (N-methyl/N-ethyl adjacent to an activating group) is 1. The molecule has 3 rings (SSSR count). The average Bonchev–Trinajstić information content (AvgIpc) is 3.18. The van der Waals surface area contributed by atoms with Gasteiger partial charge in [-0.05, 0) is 49.5 Å². The lowest BCUT2D eigenvalue weighted by atomic mass is 10.1. The lowest BCUT2D eigenvalue weighted by molar-refractivity contribution is -0.117. The van der Waals surface area contributed by atoms with Crippen molar-refractivity contribution in [3.63, 3.8) is 0 Å². The number of hydrogen-bond donors (Lipinski definition) is 0. The molecule has 0 bridgehead atoms. The molecule has 0 spiro atoms. The molecule has 2 aromatic carbocycles. The SMILES string of the molecule is CC[C@@H]1CON(Cc2cccc(CN(CCc3ccccc3)CCN(C)C)c2)C1. The zero-order valence-corrected chi connectivity index (χ0v) is 18.4. The first-order chi connectivity index (χ1) is 14.1. The molecule has 1 aliphatic heterocycles. The van der Waals surface area contributed by atoms with Crippen LogP contribution in [0.1, 0.15) is 30.0 Å². The van der Waals surface area contributed by atoms with Gasteiger partial charge >= 0.3 is 0 Å². The molecule has 2 aromatic rings. The van der Waals surface area contributed by atoms with Crippen molar-refractivity contribution in [1.29, 1.82) is 0 Å². The monoisotopic (exact) mass is 395 g/mol. The van der Waals surface area contributed by atoms with Crippen molar-refractivity contribution in [3.05, 3.63) is 71.3 Å². The van der Waals surface area contributed by atoms with Gasteiger partial charge in [-0.25, -0.2) is 0 Å². The van der Waals surface area contributed by atoms with Crippen molar-refractivity contribution in [2.75, 3.05) is 46.9 Å². The van der Waals surface area contributed by atoms with Crippen molar-refractivity contribution < 1.29 is 4.84 Å². The Labute approximate surface area is 177 Å². The molecule has 1 heterocycles. The molecule has 158 valence electrons. The Bertz CT molecular complexity index is 719. The quantitative estimate of drug-likeness (QED) is 0.571. The normalized spacial score (nSPS) is 17.5. The van der Waals surface area contributed by atoms with Crippen LogP contribution in [0, 0.1) is 5.92 Å². The number of hydrogen-bond acceptors (Lipinski definition) is 4. The lowest BCUT2D eigenvalue weighted by Crippen LogP contribution is -2.33. The third-order valence-corrected chi connectivity index (χ3v) is 5.71. The van der Waals surface area contributed by atoms with Crippen LogP contribution in [0.5, 0.6) is 0 Å². The van der Waals surface area contributed by atoms with E-state index in [0.29, 0.717) is 5.92 Å². The summed E-state index contributed by atoms with van der Waals surface area (Å²) in [5.41, 5.74) is 4.14. The van der Waals surface area contributed by atoms with Crippen LogP contribution in [0.2, 0.25) is 0 Å². The number of nitrogens with zero attached hydrogens (tertiary/aromatic N) is 3. The van der Waals surface area contributed by atoms with Gasteiger partial charge in [0.2, 0.25) is 0 Å². The molecule has 0 aliphatic carbocycles. The van der Waals surface area contributed by atoms with E-state index in [0.717, 1.165) is 52.3 Å². The van der Waals surface area contributed by atoms with Crippen LogP contribution in [-0.2, 0) is 24.3 Å². The summed E-state index contributed by atoms with van der Waals surface area (Å²) in [6.45, 7) is 9.27. The van der Waals surface area contributed by atoms with Crippen LogP contribution in [0.4, 0.5) is 0 Å². The third-order valence-electron chi connectivity index (χ3n) is 5.71. The van der Waals surface area contributed by atoms with Crippen LogP contribution in [0.15, 0.2) is 54.6 Å². The maximum absolute atomic E-state index is 5.85. The average molecular weight is 396 g/mol. The molecule has 4 nitrogen and oxygen atoms in total. The minimum atomic E-state index is 0.678. The highest BCUT2D eigenvalue weighted by Crippen LogP contribution is 2.19. The second kappa shape index (κ2) is 11.5. The van der Waals surface area contributed by atoms with Gasteiger partial charge < -0.3 is 4.90 Å². The van der Waals surface area contributed by atoms with Crippen molar-refractivity contribution >= 4 is 0 Å². The fourth-order valence-electron chi connectivity index (χ4n) is 3.79. The fraction of sp³-hybridized carbons (Fsp3) is 0.520. The first-order valence-electron chi connectivity index (χ1n) is 11.0. The van der Waals surface area contributed by atoms with Crippen LogP contribution >= 0.6 is 0 Å². The van der Waals surface area contributed by atoms with Gasteiger partial charge in [-0.1, -0.05) is 61.5 Å². The predicted molar refractivity (Wildman–Crippen MR) is 121 cm³/mol. The van der Waals surface area contributed by atoms with Gasteiger partial charge in [-0.2, -0.15) is 5.06 Å². The standard InChI is InChI=1S/C25H37N3O/c1-4-22-19-28(29-21-22)20-25-12-8-11-24(17-25)18-27(16-15-26(2)3)14-13-23-9-6-5-7-10-23/h5-12,17,22H,4,13-16,18-21H2,1-3H3/t22-/m0/s1. The van der Waals surface area contributed by atoms with Gasteiger partial charge in [0.25, 0.3) is 0 Å². The number of rotatable bonds is 11. The zero-order valence-electron chi connectivity index (χ0n) is 18.4. The van der Waals surface area contributed by atoms with Crippen molar-refractivity contribution in [1.82, 2.24) is 14.9 Å². The summed E-state index contributed by atoms with van der Waals surface area (Å²) >= 11 is 0. The summed E-state index contributed by atoms with van der Waals surface area (Å²) in [5.74, 6) is 0.678. The molecule has 29 heavy (non-hydrogen) atoms. The zero-order chi connectivity index (χ0) is 20.5. The van der Waals surface area contributed by atoms with Crippen molar-refractivity contribution in [2.24, 2.45) is 5.92 Å². The molecule has 0 unspecified atom stereocenters. The second-order valence-corrected chi connectivity index (χ2v) is 8.53. The Morgan fingerprint density at radius 2 is 1.69 bits per heavy atom. The van der Waals surface area contributed by atoms with E-state index in [1.54, 1.807) is 0 Å². The minimum Gasteiger partial charge on any atom is -0.308 e. The van der Waals surface area contributed by atoms with E-state index in [2.05, 4.69) is 90.5 Å². The van der Waals surface area contributed by atoms with Crippen LogP contribution in [0.3, 0.4) is 0 Å². The summed E-state index contributed by atoms with van der Waals surface area (Å²) in [4.78, 5) is 10.7. The molecule has 0 aromatic heterocycles. The van der Waals surface area contributed by atoms with Crippen molar-refractivity contribution in [2.45, 2.75) is 32.9 Å². The molecule has 1 saturated heterocycles. The van der Waals surface area contributed by atoms with Gasteiger partial charge in [0.15, 0.2) is 0 Å². The van der Waals surface area contributed by atoms with E-state index < -0.39 is 0 Å². The molecule has 4 heteroatoms. The Balaban J connectivity index is 1.58. The molecule has 0 saturated carbocycles. The van der Waals surface area contributed by atoms with Gasteiger partial charge in [-0.3, -0.25) is 9.74 Å². The summed E-state index contributed by atoms with van der Waals surface area (Å²) in [6, 6.07) is 19.8. The molecule has 0 amide bonds. The summed E-state index contributed by atoms with van der Waals surface area (Å²) in [5, 5.41) is 2.13.